The molecule has 0 bridgehead atoms. The van der Waals surface area contributed by atoms with E-state index in [1.807, 2.05) is 12.1 Å². The molecule has 0 spiro atoms. The number of carbonyl (C=O) groups excluding carboxylic acids is 1. The van der Waals surface area contributed by atoms with Crippen LogP contribution in [0.4, 0.5) is 5.69 Å². The average Bonchev–Trinajstić information content (AvgIpc) is 2.37. The van der Waals surface area contributed by atoms with E-state index >= 15 is 0 Å². The smallest absolute Gasteiger partial charge is 0.175 e. The molecule has 0 saturated carbocycles. The number of nitrogens with zero attached hydrogens (tertiary/aromatic N) is 1. The molecule has 0 fully saturated rings. The van der Waals surface area contributed by atoms with Crippen molar-refractivity contribution in [1.29, 1.82) is 5.26 Å². The molecular weight excluding hydrogens is 260 g/mol. The van der Waals surface area contributed by atoms with Gasteiger partial charge in [-0.3, -0.25) is 4.79 Å². The summed E-state index contributed by atoms with van der Waals surface area (Å²) < 4.78 is 0. The molecule has 0 aromatic heterocycles. The summed E-state index contributed by atoms with van der Waals surface area (Å²) in [6.45, 7) is 8.42. The molecule has 1 aliphatic rings. The summed E-state index contributed by atoms with van der Waals surface area (Å²) >= 11 is 0. The second-order valence-corrected chi connectivity index (χ2v) is 6.81. The Hall–Kier alpha value is -2.08. The summed E-state index contributed by atoms with van der Waals surface area (Å²) in [7, 11) is 0. The molecule has 0 amide bonds. The third kappa shape index (κ3) is 3.52. The van der Waals surface area contributed by atoms with E-state index in [4.69, 9.17) is 0 Å². The molecule has 1 N–H and O–H groups in total. The molecule has 2 rings (SSSR count). The number of nitriles is 1. The Labute approximate surface area is 126 Å². The highest BCUT2D eigenvalue weighted by atomic mass is 16.1. The van der Waals surface area contributed by atoms with Crippen LogP contribution < -0.4 is 5.32 Å². The van der Waals surface area contributed by atoms with Crippen molar-refractivity contribution in [2.75, 3.05) is 5.32 Å². The molecule has 3 heteroatoms. The summed E-state index contributed by atoms with van der Waals surface area (Å²) in [4.78, 5) is 12.1. The van der Waals surface area contributed by atoms with Crippen LogP contribution in [0.15, 0.2) is 35.5 Å². The first-order valence-electron chi connectivity index (χ1n) is 7.36. The van der Waals surface area contributed by atoms with Gasteiger partial charge in [0.05, 0.1) is 0 Å². The Morgan fingerprint density at radius 3 is 2.33 bits per heavy atom. The monoisotopic (exact) mass is 282 g/mol. The highest BCUT2D eigenvalue weighted by Gasteiger charge is 2.33. The highest BCUT2D eigenvalue weighted by molar-refractivity contribution is 6.01. The lowest BCUT2D eigenvalue weighted by Crippen LogP contribution is -2.28. The van der Waals surface area contributed by atoms with Crippen LogP contribution in [0.5, 0.6) is 0 Å². The fourth-order valence-electron chi connectivity index (χ4n) is 2.68. The molecule has 1 aliphatic carbocycles. The number of ketones is 1. The molecule has 1 aromatic rings. The molecule has 0 saturated heterocycles. The van der Waals surface area contributed by atoms with Crippen molar-refractivity contribution in [1.82, 2.24) is 0 Å². The third-order valence-corrected chi connectivity index (χ3v) is 3.86. The number of anilines is 1. The quantitative estimate of drug-likeness (QED) is 0.894. The zero-order chi connectivity index (χ0) is 15.6. The highest BCUT2D eigenvalue weighted by Crippen LogP contribution is 2.37. The van der Waals surface area contributed by atoms with E-state index in [2.05, 4.69) is 51.2 Å². The van der Waals surface area contributed by atoms with Crippen LogP contribution in [-0.2, 0) is 4.79 Å². The Morgan fingerprint density at radius 1 is 1.19 bits per heavy atom. The zero-order valence-corrected chi connectivity index (χ0v) is 13.2. The topological polar surface area (TPSA) is 52.9 Å². The summed E-state index contributed by atoms with van der Waals surface area (Å²) in [6, 6.07) is 10.2. The van der Waals surface area contributed by atoms with Gasteiger partial charge in [-0.1, -0.05) is 39.8 Å². The van der Waals surface area contributed by atoms with Crippen molar-refractivity contribution in [3.63, 3.8) is 0 Å². The largest absolute Gasteiger partial charge is 0.358 e. The number of benzene rings is 1. The van der Waals surface area contributed by atoms with Crippen molar-refractivity contribution in [3.8, 4) is 6.07 Å². The lowest BCUT2D eigenvalue weighted by molar-refractivity contribution is -0.117. The van der Waals surface area contributed by atoms with E-state index in [9.17, 15) is 10.1 Å². The number of hydrogen-bond donors (Lipinski definition) is 1. The summed E-state index contributed by atoms with van der Waals surface area (Å²) in [5, 5.41) is 12.5. The molecule has 0 aliphatic heterocycles. The van der Waals surface area contributed by atoms with E-state index in [1.165, 1.54) is 5.56 Å². The first-order chi connectivity index (χ1) is 9.82. The lowest BCUT2D eigenvalue weighted by atomic mass is 9.76. The van der Waals surface area contributed by atoms with E-state index in [1.54, 1.807) is 0 Å². The summed E-state index contributed by atoms with van der Waals surface area (Å²) in [5.41, 5.74) is 3.12. The molecule has 1 aromatic carbocycles. The van der Waals surface area contributed by atoms with Gasteiger partial charge < -0.3 is 5.32 Å². The van der Waals surface area contributed by atoms with E-state index in [0.717, 1.165) is 11.4 Å². The summed E-state index contributed by atoms with van der Waals surface area (Å²) in [5.74, 6) is 0.429. The molecular formula is C18H22N2O. The van der Waals surface area contributed by atoms with Crippen LogP contribution in [0.3, 0.4) is 0 Å². The van der Waals surface area contributed by atoms with Crippen molar-refractivity contribution >= 4 is 11.5 Å². The number of hydrogen-bond acceptors (Lipinski definition) is 3. The molecule has 3 nitrogen and oxygen atoms in total. The van der Waals surface area contributed by atoms with E-state index in [-0.39, 0.29) is 16.8 Å². The van der Waals surface area contributed by atoms with Gasteiger partial charge in [-0.15, -0.1) is 0 Å². The van der Waals surface area contributed by atoms with Gasteiger partial charge >= 0.3 is 0 Å². The van der Waals surface area contributed by atoms with Crippen LogP contribution in [0.1, 0.15) is 52.0 Å². The average molecular weight is 282 g/mol. The number of rotatable bonds is 3. The van der Waals surface area contributed by atoms with Crippen LogP contribution >= 0.6 is 0 Å². The fourth-order valence-corrected chi connectivity index (χ4v) is 2.68. The first kappa shape index (κ1) is 15.3. The van der Waals surface area contributed by atoms with Crippen LogP contribution in [0.2, 0.25) is 0 Å². The predicted octanol–water partition coefficient (Wildman–Crippen LogP) is 4.39. The first-order valence-corrected chi connectivity index (χ1v) is 7.36. The van der Waals surface area contributed by atoms with Crippen molar-refractivity contribution < 1.29 is 4.79 Å². The van der Waals surface area contributed by atoms with Gasteiger partial charge in [0.2, 0.25) is 0 Å². The molecule has 110 valence electrons. The van der Waals surface area contributed by atoms with Crippen molar-refractivity contribution in [3.05, 3.63) is 41.1 Å². The fraction of sp³-hybridized carbons (Fsp3) is 0.444. The molecule has 0 atom stereocenters. The Kier molecular flexibility index (Phi) is 4.18. The van der Waals surface area contributed by atoms with Crippen LogP contribution in [0, 0.1) is 16.7 Å². The van der Waals surface area contributed by atoms with Gasteiger partial charge in [0.15, 0.2) is 5.78 Å². The standard InChI is InChI=1S/C18H22N2O/c1-12(2)13-5-7-14(8-6-13)20-16-9-18(3,4)10-17(21)15(16)11-19/h5-8,12,20H,9-10H2,1-4H3. The van der Waals surface area contributed by atoms with Gasteiger partial charge in [-0.25, -0.2) is 0 Å². The van der Waals surface area contributed by atoms with Crippen molar-refractivity contribution in [2.45, 2.75) is 46.5 Å². The van der Waals surface area contributed by atoms with E-state index < -0.39 is 0 Å². The second kappa shape index (κ2) is 5.73. The van der Waals surface area contributed by atoms with E-state index in [0.29, 0.717) is 18.8 Å². The lowest BCUT2D eigenvalue weighted by Gasteiger charge is -2.30. The Bertz CT molecular complexity index is 616. The minimum atomic E-state index is -0.0996. The minimum absolute atomic E-state index is 0.0601. The van der Waals surface area contributed by atoms with Crippen molar-refractivity contribution in [2.24, 2.45) is 5.41 Å². The van der Waals surface area contributed by atoms with Gasteiger partial charge in [0, 0.05) is 17.8 Å². The van der Waals surface area contributed by atoms with Gasteiger partial charge in [-0.05, 0) is 35.4 Å². The predicted molar refractivity (Wildman–Crippen MR) is 84.8 cm³/mol. The SMILES string of the molecule is CC(C)c1ccc(NC2=C(C#N)C(=O)CC(C)(C)C2)cc1. The second-order valence-electron chi connectivity index (χ2n) is 6.81. The minimum Gasteiger partial charge on any atom is -0.358 e. The van der Waals surface area contributed by atoms with Crippen LogP contribution in [-0.4, -0.2) is 5.78 Å². The molecule has 0 heterocycles. The number of Topliss-reactive ketones (excluding diaryl/α,β-unsaturated/α-hetero) is 1. The van der Waals surface area contributed by atoms with Crippen LogP contribution in [0.25, 0.3) is 0 Å². The Balaban J connectivity index is 2.28. The maximum Gasteiger partial charge on any atom is 0.175 e. The zero-order valence-electron chi connectivity index (χ0n) is 13.2. The van der Waals surface area contributed by atoms with Gasteiger partial charge in [0.25, 0.3) is 0 Å². The third-order valence-electron chi connectivity index (χ3n) is 3.86. The molecule has 0 unspecified atom stereocenters. The number of allylic oxidation sites excluding steroid dienone is 2. The maximum absolute atomic E-state index is 12.1. The summed E-state index contributed by atoms with van der Waals surface area (Å²) in [6.07, 6.45) is 1.15. The molecule has 21 heavy (non-hydrogen) atoms. The number of nitrogens with one attached hydrogen (secondary N) is 1. The number of carbonyl (C=O) groups is 1. The normalized spacial score (nSPS) is 17.8. The van der Waals surface area contributed by atoms with Gasteiger partial charge in [-0.2, -0.15) is 5.26 Å². The Morgan fingerprint density at radius 2 is 1.81 bits per heavy atom. The molecule has 0 radical (unpaired) electrons. The van der Waals surface area contributed by atoms with Gasteiger partial charge in [0.1, 0.15) is 11.6 Å². The maximum atomic E-state index is 12.1.